The van der Waals surface area contributed by atoms with E-state index in [1.54, 1.807) is 6.92 Å². The normalized spacial score (nSPS) is 24.2. The predicted octanol–water partition coefficient (Wildman–Crippen LogP) is 4.20. The van der Waals surface area contributed by atoms with Gasteiger partial charge in [-0.2, -0.15) is 0 Å². The van der Waals surface area contributed by atoms with Crippen molar-refractivity contribution >= 4 is 0 Å². The molecule has 0 bridgehead atoms. The molecule has 0 aromatic carbocycles. The molecule has 24 heavy (non-hydrogen) atoms. The molecule has 1 aliphatic rings. The van der Waals surface area contributed by atoms with Crippen molar-refractivity contribution in [2.24, 2.45) is 0 Å². The predicted molar refractivity (Wildman–Crippen MR) is 98.2 cm³/mol. The second kappa shape index (κ2) is 9.90. The van der Waals surface area contributed by atoms with Gasteiger partial charge in [-0.05, 0) is 45.1 Å². The molecule has 1 saturated heterocycles. The van der Waals surface area contributed by atoms with Gasteiger partial charge in [0.1, 0.15) is 5.60 Å². The average Bonchev–Trinajstić information content (AvgIpc) is 2.81. The molecule has 0 saturated carbocycles. The van der Waals surface area contributed by atoms with E-state index in [4.69, 9.17) is 9.47 Å². The third-order valence-corrected chi connectivity index (χ3v) is 4.04. The first-order valence-electron chi connectivity index (χ1n) is 9.01. The first-order valence-corrected chi connectivity index (χ1v) is 9.01. The molecule has 1 fully saturated rings. The van der Waals surface area contributed by atoms with Gasteiger partial charge in [-0.15, -0.1) is 0 Å². The van der Waals surface area contributed by atoms with E-state index in [9.17, 15) is 5.11 Å². The summed E-state index contributed by atoms with van der Waals surface area (Å²) < 4.78 is 12.0. The van der Waals surface area contributed by atoms with Crippen LogP contribution in [0.2, 0.25) is 0 Å². The molecule has 0 spiro atoms. The fourth-order valence-electron chi connectivity index (χ4n) is 2.68. The Morgan fingerprint density at radius 2 is 1.79 bits per heavy atom. The lowest BCUT2D eigenvalue weighted by molar-refractivity contribution is -0.146. The van der Waals surface area contributed by atoms with Gasteiger partial charge in [-0.25, -0.2) is 0 Å². The summed E-state index contributed by atoms with van der Waals surface area (Å²) in [4.78, 5) is 0. The van der Waals surface area contributed by atoms with Crippen molar-refractivity contribution in [2.45, 2.75) is 96.2 Å². The van der Waals surface area contributed by atoms with Gasteiger partial charge in [0.25, 0.3) is 0 Å². The van der Waals surface area contributed by atoms with Crippen molar-refractivity contribution in [1.29, 1.82) is 0 Å². The first-order chi connectivity index (χ1) is 11.3. The van der Waals surface area contributed by atoms with Crippen LogP contribution < -0.4 is 0 Å². The molecule has 1 N–H and O–H groups in total. The van der Waals surface area contributed by atoms with E-state index >= 15 is 0 Å². The molecule has 3 heteroatoms. The van der Waals surface area contributed by atoms with E-state index < -0.39 is 11.4 Å². The lowest BCUT2D eigenvalue weighted by atomic mass is 10.0. The van der Waals surface area contributed by atoms with Crippen molar-refractivity contribution in [1.82, 2.24) is 0 Å². The van der Waals surface area contributed by atoms with Crippen LogP contribution in [0.5, 0.6) is 0 Å². The highest BCUT2D eigenvalue weighted by Crippen LogP contribution is 2.32. The van der Waals surface area contributed by atoms with E-state index in [-0.39, 0.29) is 12.2 Å². The molecule has 0 aromatic rings. The standard InChI is InChI=1S/C21H32O3/c1-6-8-9-10-12-15-18-19(24-20(3,4)23-18)16-13-11-14-17-21(5,22)7-2/h7,18-19,22H,2,6,8-10,12,15-16H2,1,3-5H3/t18-,19-,21-/m1/s1. The second-order valence-electron chi connectivity index (χ2n) is 7.02. The molecule has 0 aromatic heterocycles. The number of unbranched alkanes of at least 4 members (excludes halogenated alkanes) is 4. The van der Waals surface area contributed by atoms with Crippen LogP contribution in [0.15, 0.2) is 12.7 Å². The average molecular weight is 332 g/mol. The fraction of sp³-hybridized carbons (Fsp3) is 0.714. The van der Waals surface area contributed by atoms with E-state index in [0.29, 0.717) is 6.42 Å². The zero-order valence-electron chi connectivity index (χ0n) is 15.7. The van der Waals surface area contributed by atoms with E-state index in [1.165, 1.54) is 31.8 Å². The molecule has 1 heterocycles. The number of hydrogen-bond donors (Lipinski definition) is 1. The van der Waals surface area contributed by atoms with E-state index in [2.05, 4.69) is 37.2 Å². The van der Waals surface area contributed by atoms with Gasteiger partial charge < -0.3 is 14.6 Å². The Hall–Kier alpha value is -1.26. The summed E-state index contributed by atoms with van der Waals surface area (Å²) in [5.74, 6) is 10.6. The number of rotatable bonds is 8. The quantitative estimate of drug-likeness (QED) is 0.411. The smallest absolute Gasteiger partial charge is 0.163 e. The van der Waals surface area contributed by atoms with Gasteiger partial charge in [0, 0.05) is 6.42 Å². The molecule has 0 aliphatic carbocycles. The Morgan fingerprint density at radius 3 is 2.46 bits per heavy atom. The molecule has 0 radical (unpaired) electrons. The molecule has 1 aliphatic heterocycles. The number of aliphatic hydroxyl groups is 1. The Morgan fingerprint density at radius 1 is 1.12 bits per heavy atom. The lowest BCUT2D eigenvalue weighted by Crippen LogP contribution is -2.22. The lowest BCUT2D eigenvalue weighted by Gasteiger charge is -2.16. The second-order valence-corrected chi connectivity index (χ2v) is 7.02. The van der Waals surface area contributed by atoms with Gasteiger partial charge in [-0.3, -0.25) is 0 Å². The van der Waals surface area contributed by atoms with Crippen LogP contribution in [0.3, 0.4) is 0 Å². The zero-order chi connectivity index (χ0) is 18.1. The molecule has 1 rings (SSSR count). The van der Waals surface area contributed by atoms with Gasteiger partial charge in [0.05, 0.1) is 12.2 Å². The molecule has 0 amide bonds. The van der Waals surface area contributed by atoms with Gasteiger partial charge in [0.15, 0.2) is 5.79 Å². The van der Waals surface area contributed by atoms with Gasteiger partial charge in [0.2, 0.25) is 0 Å². The Balaban J connectivity index is 2.50. The highest BCUT2D eigenvalue weighted by atomic mass is 16.7. The summed E-state index contributed by atoms with van der Waals surface area (Å²) in [6.45, 7) is 11.2. The minimum Gasteiger partial charge on any atom is -0.374 e. The summed E-state index contributed by atoms with van der Waals surface area (Å²) in [7, 11) is 0. The topological polar surface area (TPSA) is 38.7 Å². The van der Waals surface area contributed by atoms with Gasteiger partial charge >= 0.3 is 0 Å². The molecule has 134 valence electrons. The fourth-order valence-corrected chi connectivity index (χ4v) is 2.68. The maximum atomic E-state index is 9.70. The van der Waals surface area contributed by atoms with Crippen molar-refractivity contribution in [3.05, 3.63) is 12.7 Å². The van der Waals surface area contributed by atoms with Gasteiger partial charge in [-0.1, -0.05) is 57.4 Å². The van der Waals surface area contributed by atoms with Crippen LogP contribution in [-0.4, -0.2) is 28.7 Å². The summed E-state index contributed by atoms with van der Waals surface area (Å²) in [5.41, 5.74) is -1.19. The third-order valence-electron chi connectivity index (χ3n) is 4.04. The monoisotopic (exact) mass is 332 g/mol. The highest BCUT2D eigenvalue weighted by molar-refractivity contribution is 5.31. The van der Waals surface area contributed by atoms with Crippen molar-refractivity contribution in [3.63, 3.8) is 0 Å². The van der Waals surface area contributed by atoms with Crippen LogP contribution in [0.25, 0.3) is 0 Å². The Bertz CT molecular complexity index is 511. The molecule has 3 atom stereocenters. The third kappa shape index (κ3) is 8.02. The maximum absolute atomic E-state index is 9.70. The summed E-state index contributed by atoms with van der Waals surface area (Å²) in [5, 5.41) is 9.70. The number of ether oxygens (including phenoxy) is 2. The maximum Gasteiger partial charge on any atom is 0.163 e. The Labute approximate surface area is 147 Å². The number of hydrogen-bond acceptors (Lipinski definition) is 3. The SMILES string of the molecule is C=C[C@@](C)(O)C#CC#CC[C@H]1OC(C)(C)O[C@@H]1CCCCCCC. The van der Waals surface area contributed by atoms with Crippen molar-refractivity contribution < 1.29 is 14.6 Å². The van der Waals surface area contributed by atoms with Crippen LogP contribution in [-0.2, 0) is 9.47 Å². The highest BCUT2D eigenvalue weighted by Gasteiger charge is 2.40. The summed E-state index contributed by atoms with van der Waals surface area (Å²) in [6, 6.07) is 0. The summed E-state index contributed by atoms with van der Waals surface area (Å²) in [6.07, 6.45) is 9.34. The molecular weight excluding hydrogens is 300 g/mol. The van der Waals surface area contributed by atoms with Crippen LogP contribution >= 0.6 is 0 Å². The molecular formula is C21H32O3. The van der Waals surface area contributed by atoms with E-state index in [0.717, 1.165) is 12.8 Å². The Kier molecular flexibility index (Phi) is 8.57. The van der Waals surface area contributed by atoms with Crippen molar-refractivity contribution in [2.75, 3.05) is 0 Å². The largest absolute Gasteiger partial charge is 0.374 e. The minimum atomic E-state index is -1.19. The van der Waals surface area contributed by atoms with E-state index in [1.807, 2.05) is 13.8 Å². The van der Waals surface area contributed by atoms with Crippen LogP contribution in [0, 0.1) is 23.7 Å². The minimum absolute atomic E-state index is 0.0135. The van der Waals surface area contributed by atoms with Crippen molar-refractivity contribution in [3.8, 4) is 23.7 Å². The zero-order valence-corrected chi connectivity index (χ0v) is 15.7. The van der Waals surface area contributed by atoms with Crippen LogP contribution in [0.1, 0.15) is 72.6 Å². The first kappa shape index (κ1) is 20.8. The molecule has 3 nitrogen and oxygen atoms in total. The summed E-state index contributed by atoms with van der Waals surface area (Å²) >= 11 is 0. The molecule has 0 unspecified atom stereocenters. The van der Waals surface area contributed by atoms with Crippen LogP contribution in [0.4, 0.5) is 0 Å².